The number of likely N-dealkylation sites (N-methyl/N-ethyl adjacent to an activating group) is 1. The Labute approximate surface area is 129 Å². The van der Waals surface area contributed by atoms with Crippen molar-refractivity contribution < 1.29 is 14.0 Å². The molecule has 0 radical (unpaired) electrons. The lowest BCUT2D eigenvalue weighted by molar-refractivity contribution is -0.131. The molecule has 22 heavy (non-hydrogen) atoms. The standard InChI is InChI=1S/C15H21FN4O2/c1-17-10-14(21)20-8-6-13(7-9-20)19-15(22)18-12-4-2-11(16)3-5-12/h2-5,13,17H,6-10H2,1H3,(H2,18,19,22). The van der Waals surface area contributed by atoms with Crippen LogP contribution in [0.4, 0.5) is 14.9 Å². The fourth-order valence-corrected chi connectivity index (χ4v) is 2.42. The normalized spacial score (nSPS) is 15.5. The molecule has 0 aromatic heterocycles. The Kier molecular flexibility index (Phi) is 5.71. The molecule has 1 aliphatic heterocycles. The molecule has 1 aliphatic rings. The molecule has 2 rings (SSSR count). The SMILES string of the molecule is CNCC(=O)N1CCC(NC(=O)Nc2ccc(F)cc2)CC1. The fourth-order valence-electron chi connectivity index (χ4n) is 2.42. The number of nitrogens with zero attached hydrogens (tertiary/aromatic N) is 1. The summed E-state index contributed by atoms with van der Waals surface area (Å²) in [6.45, 7) is 1.62. The van der Waals surface area contributed by atoms with Crippen molar-refractivity contribution in [1.29, 1.82) is 0 Å². The zero-order valence-electron chi connectivity index (χ0n) is 12.6. The third-order valence-corrected chi connectivity index (χ3v) is 3.61. The minimum absolute atomic E-state index is 0.0408. The molecule has 3 amide bonds. The van der Waals surface area contributed by atoms with Crippen LogP contribution in [0.15, 0.2) is 24.3 Å². The van der Waals surface area contributed by atoms with Crippen molar-refractivity contribution in [2.24, 2.45) is 0 Å². The molecule has 0 bridgehead atoms. The van der Waals surface area contributed by atoms with Crippen LogP contribution < -0.4 is 16.0 Å². The number of carbonyl (C=O) groups excluding carboxylic acids is 2. The van der Waals surface area contributed by atoms with Crippen LogP contribution in [-0.4, -0.2) is 49.6 Å². The number of urea groups is 1. The van der Waals surface area contributed by atoms with E-state index in [1.165, 1.54) is 24.3 Å². The maximum absolute atomic E-state index is 12.8. The largest absolute Gasteiger partial charge is 0.341 e. The third-order valence-electron chi connectivity index (χ3n) is 3.61. The molecule has 3 N–H and O–H groups in total. The van der Waals surface area contributed by atoms with E-state index < -0.39 is 0 Å². The van der Waals surface area contributed by atoms with Gasteiger partial charge in [-0.3, -0.25) is 4.79 Å². The molecule has 1 heterocycles. The van der Waals surface area contributed by atoms with E-state index in [9.17, 15) is 14.0 Å². The van der Waals surface area contributed by atoms with E-state index in [0.717, 1.165) is 12.8 Å². The van der Waals surface area contributed by atoms with Crippen LogP contribution in [0.5, 0.6) is 0 Å². The summed E-state index contributed by atoms with van der Waals surface area (Å²) < 4.78 is 12.8. The summed E-state index contributed by atoms with van der Waals surface area (Å²) in [4.78, 5) is 25.4. The predicted molar refractivity (Wildman–Crippen MR) is 82.1 cm³/mol. The van der Waals surface area contributed by atoms with Gasteiger partial charge in [0.15, 0.2) is 0 Å². The smallest absolute Gasteiger partial charge is 0.319 e. The van der Waals surface area contributed by atoms with E-state index in [0.29, 0.717) is 25.3 Å². The number of halogens is 1. The van der Waals surface area contributed by atoms with Gasteiger partial charge in [0, 0.05) is 24.8 Å². The molecule has 0 aliphatic carbocycles. The highest BCUT2D eigenvalue weighted by Crippen LogP contribution is 2.12. The van der Waals surface area contributed by atoms with Crippen LogP contribution >= 0.6 is 0 Å². The maximum atomic E-state index is 12.8. The molecule has 6 nitrogen and oxygen atoms in total. The maximum Gasteiger partial charge on any atom is 0.319 e. The van der Waals surface area contributed by atoms with Gasteiger partial charge in [-0.05, 0) is 44.2 Å². The van der Waals surface area contributed by atoms with Crippen LogP contribution in [0.2, 0.25) is 0 Å². The third kappa shape index (κ3) is 4.70. The zero-order valence-corrected chi connectivity index (χ0v) is 12.6. The Morgan fingerprint density at radius 2 is 1.86 bits per heavy atom. The van der Waals surface area contributed by atoms with Gasteiger partial charge in [-0.15, -0.1) is 0 Å². The van der Waals surface area contributed by atoms with E-state index >= 15 is 0 Å². The van der Waals surface area contributed by atoms with E-state index in [1.54, 1.807) is 11.9 Å². The summed E-state index contributed by atoms with van der Waals surface area (Å²) >= 11 is 0. The van der Waals surface area contributed by atoms with Crippen LogP contribution in [0.3, 0.4) is 0 Å². The number of hydrogen-bond donors (Lipinski definition) is 3. The molecule has 0 spiro atoms. The van der Waals surface area contributed by atoms with Crippen molar-refractivity contribution in [3.63, 3.8) is 0 Å². The Balaban J connectivity index is 1.74. The van der Waals surface area contributed by atoms with Gasteiger partial charge in [-0.1, -0.05) is 0 Å². The first kappa shape index (κ1) is 16.2. The average molecular weight is 308 g/mol. The van der Waals surface area contributed by atoms with Gasteiger partial charge < -0.3 is 20.9 Å². The molecule has 1 saturated heterocycles. The zero-order chi connectivity index (χ0) is 15.9. The lowest BCUT2D eigenvalue weighted by Gasteiger charge is -2.32. The minimum atomic E-state index is -0.343. The number of nitrogens with one attached hydrogen (secondary N) is 3. The highest BCUT2D eigenvalue weighted by molar-refractivity contribution is 5.89. The van der Waals surface area contributed by atoms with E-state index in [4.69, 9.17) is 0 Å². The van der Waals surface area contributed by atoms with Crippen molar-refractivity contribution >= 4 is 17.6 Å². The van der Waals surface area contributed by atoms with Crippen molar-refractivity contribution in [3.8, 4) is 0 Å². The topological polar surface area (TPSA) is 73.5 Å². The summed E-state index contributed by atoms with van der Waals surface area (Å²) in [5.74, 6) is -0.263. The first-order valence-electron chi connectivity index (χ1n) is 7.34. The summed E-state index contributed by atoms with van der Waals surface area (Å²) in [5.41, 5.74) is 0.542. The van der Waals surface area contributed by atoms with Gasteiger partial charge in [-0.2, -0.15) is 0 Å². The number of benzene rings is 1. The average Bonchev–Trinajstić information content (AvgIpc) is 2.50. The molecule has 0 unspecified atom stereocenters. The lowest BCUT2D eigenvalue weighted by Crippen LogP contribution is -2.49. The quantitative estimate of drug-likeness (QED) is 0.781. The summed E-state index contributed by atoms with van der Waals surface area (Å²) in [6.07, 6.45) is 1.46. The molecule has 1 aromatic carbocycles. The van der Waals surface area contributed by atoms with E-state index in [1.807, 2.05) is 0 Å². The Morgan fingerprint density at radius 3 is 2.45 bits per heavy atom. The van der Waals surface area contributed by atoms with Gasteiger partial charge in [0.25, 0.3) is 0 Å². The number of amides is 3. The molecule has 1 aromatic rings. The second-order valence-electron chi connectivity index (χ2n) is 5.29. The second kappa shape index (κ2) is 7.74. The minimum Gasteiger partial charge on any atom is -0.341 e. The van der Waals surface area contributed by atoms with Crippen molar-refractivity contribution in [2.75, 3.05) is 32.0 Å². The van der Waals surface area contributed by atoms with Gasteiger partial charge >= 0.3 is 6.03 Å². The summed E-state index contributed by atoms with van der Waals surface area (Å²) in [5, 5.41) is 8.38. The Hall–Kier alpha value is -2.15. The van der Waals surface area contributed by atoms with Crippen LogP contribution in [-0.2, 0) is 4.79 Å². The van der Waals surface area contributed by atoms with Gasteiger partial charge in [0.1, 0.15) is 5.82 Å². The molecule has 120 valence electrons. The number of likely N-dealkylation sites (tertiary alicyclic amines) is 1. The summed E-state index contributed by atoms with van der Waals surface area (Å²) in [6, 6.07) is 5.33. The molecular weight excluding hydrogens is 287 g/mol. The molecule has 7 heteroatoms. The predicted octanol–water partition coefficient (Wildman–Crippen LogP) is 1.16. The molecule has 1 fully saturated rings. The highest BCUT2D eigenvalue weighted by atomic mass is 19.1. The number of piperidine rings is 1. The first-order valence-corrected chi connectivity index (χ1v) is 7.34. The highest BCUT2D eigenvalue weighted by Gasteiger charge is 2.23. The number of carbonyl (C=O) groups is 2. The van der Waals surface area contributed by atoms with Crippen molar-refractivity contribution in [2.45, 2.75) is 18.9 Å². The number of anilines is 1. The second-order valence-corrected chi connectivity index (χ2v) is 5.29. The molecular formula is C15H21FN4O2. The van der Waals surface area contributed by atoms with Crippen LogP contribution in [0.25, 0.3) is 0 Å². The fraction of sp³-hybridized carbons (Fsp3) is 0.467. The van der Waals surface area contributed by atoms with Crippen LogP contribution in [0, 0.1) is 5.82 Å². The molecule has 0 atom stereocenters. The van der Waals surface area contributed by atoms with E-state index in [2.05, 4.69) is 16.0 Å². The monoisotopic (exact) mass is 308 g/mol. The van der Waals surface area contributed by atoms with Gasteiger partial charge in [-0.25, -0.2) is 9.18 Å². The number of rotatable bonds is 4. The van der Waals surface area contributed by atoms with Crippen molar-refractivity contribution in [3.05, 3.63) is 30.1 Å². The van der Waals surface area contributed by atoms with Gasteiger partial charge in [0.05, 0.1) is 6.54 Å². The Morgan fingerprint density at radius 1 is 1.23 bits per heavy atom. The Bertz CT molecular complexity index is 513. The van der Waals surface area contributed by atoms with Crippen molar-refractivity contribution in [1.82, 2.24) is 15.5 Å². The summed E-state index contributed by atoms with van der Waals surface area (Å²) in [7, 11) is 1.74. The number of hydrogen-bond acceptors (Lipinski definition) is 3. The van der Waals surface area contributed by atoms with Gasteiger partial charge in [0.2, 0.25) is 5.91 Å². The van der Waals surface area contributed by atoms with Crippen LogP contribution in [0.1, 0.15) is 12.8 Å². The molecule has 0 saturated carbocycles. The lowest BCUT2D eigenvalue weighted by atomic mass is 10.1. The van der Waals surface area contributed by atoms with E-state index in [-0.39, 0.29) is 23.8 Å². The first-order chi connectivity index (χ1) is 10.6.